The van der Waals surface area contributed by atoms with Crippen molar-refractivity contribution in [2.45, 2.75) is 26.2 Å². The highest BCUT2D eigenvalue weighted by Crippen LogP contribution is 2.22. The predicted octanol–water partition coefficient (Wildman–Crippen LogP) is 3.85. The molecule has 0 N–H and O–H groups in total. The van der Waals surface area contributed by atoms with Gasteiger partial charge in [0.1, 0.15) is 11.6 Å². The van der Waals surface area contributed by atoms with Crippen molar-refractivity contribution in [1.29, 1.82) is 0 Å². The zero-order chi connectivity index (χ0) is 18.5. The van der Waals surface area contributed by atoms with E-state index in [1.54, 1.807) is 4.90 Å². The minimum Gasteiger partial charge on any atom is -0.426 e. The number of hydrogen-bond acceptors (Lipinski definition) is 3. The smallest absolute Gasteiger partial charge is 0.314 e. The van der Waals surface area contributed by atoms with Crippen LogP contribution in [0.4, 0.5) is 4.39 Å². The number of aryl methyl sites for hydroxylation is 1. The second kappa shape index (κ2) is 8.13. The summed E-state index contributed by atoms with van der Waals surface area (Å²) in [6.07, 6.45) is 2.08. The van der Waals surface area contributed by atoms with E-state index in [-0.39, 0.29) is 23.6 Å². The van der Waals surface area contributed by atoms with E-state index in [1.807, 2.05) is 24.3 Å². The molecule has 3 rings (SSSR count). The fourth-order valence-corrected chi connectivity index (χ4v) is 3.09. The van der Waals surface area contributed by atoms with Crippen molar-refractivity contribution < 1.29 is 18.7 Å². The van der Waals surface area contributed by atoms with E-state index in [1.165, 1.54) is 29.8 Å². The number of nitrogens with zero attached hydrogens (tertiary/aromatic N) is 1. The summed E-state index contributed by atoms with van der Waals surface area (Å²) in [5, 5.41) is 0. The van der Waals surface area contributed by atoms with Crippen molar-refractivity contribution in [1.82, 2.24) is 4.90 Å². The SMILES string of the molecule is CCc1ccc(OC(=O)C2CCN(C(=O)c3ccc(F)cc3)CC2)cc1. The highest BCUT2D eigenvalue weighted by molar-refractivity contribution is 5.94. The Morgan fingerprint density at radius 2 is 1.65 bits per heavy atom. The van der Waals surface area contributed by atoms with Crippen molar-refractivity contribution in [3.63, 3.8) is 0 Å². The van der Waals surface area contributed by atoms with Crippen LogP contribution in [0.25, 0.3) is 0 Å². The molecule has 0 aromatic heterocycles. The summed E-state index contributed by atoms with van der Waals surface area (Å²) in [5.41, 5.74) is 1.65. The standard InChI is InChI=1S/C21H22FNO3/c1-2-15-3-9-19(10-4-15)26-21(25)17-11-13-23(14-12-17)20(24)16-5-7-18(22)8-6-16/h3-10,17H,2,11-14H2,1H3. The van der Waals surface area contributed by atoms with Crippen LogP contribution in [-0.2, 0) is 11.2 Å². The summed E-state index contributed by atoms with van der Waals surface area (Å²) in [6, 6.07) is 13.0. The fraction of sp³-hybridized carbons (Fsp3) is 0.333. The van der Waals surface area contributed by atoms with E-state index >= 15 is 0 Å². The highest BCUT2D eigenvalue weighted by atomic mass is 19.1. The molecule has 26 heavy (non-hydrogen) atoms. The van der Waals surface area contributed by atoms with E-state index < -0.39 is 0 Å². The zero-order valence-corrected chi connectivity index (χ0v) is 14.8. The number of halogens is 1. The topological polar surface area (TPSA) is 46.6 Å². The highest BCUT2D eigenvalue weighted by Gasteiger charge is 2.29. The summed E-state index contributed by atoms with van der Waals surface area (Å²) in [4.78, 5) is 26.5. The van der Waals surface area contributed by atoms with Gasteiger partial charge in [0.25, 0.3) is 5.91 Å². The Morgan fingerprint density at radius 1 is 1.04 bits per heavy atom. The van der Waals surface area contributed by atoms with Gasteiger partial charge in [-0.15, -0.1) is 0 Å². The molecule has 2 aromatic carbocycles. The number of amides is 1. The lowest BCUT2D eigenvalue weighted by molar-refractivity contribution is -0.140. The van der Waals surface area contributed by atoms with Gasteiger partial charge in [-0.3, -0.25) is 9.59 Å². The van der Waals surface area contributed by atoms with Crippen molar-refractivity contribution in [3.05, 3.63) is 65.5 Å². The molecule has 0 saturated carbocycles. The molecular weight excluding hydrogens is 333 g/mol. The fourth-order valence-electron chi connectivity index (χ4n) is 3.09. The van der Waals surface area contributed by atoms with Crippen LogP contribution in [0.15, 0.2) is 48.5 Å². The number of piperidine rings is 1. The minimum atomic E-state index is -0.366. The number of hydrogen-bond donors (Lipinski definition) is 0. The molecule has 136 valence electrons. The molecule has 4 nitrogen and oxygen atoms in total. The molecule has 1 heterocycles. The quantitative estimate of drug-likeness (QED) is 0.618. The van der Waals surface area contributed by atoms with E-state index in [4.69, 9.17) is 4.74 Å². The number of carbonyl (C=O) groups excluding carboxylic acids is 2. The Kier molecular flexibility index (Phi) is 5.66. The molecule has 0 unspecified atom stereocenters. The summed E-state index contributed by atoms with van der Waals surface area (Å²) < 4.78 is 18.4. The summed E-state index contributed by atoms with van der Waals surface area (Å²) in [6.45, 7) is 3.05. The second-order valence-electron chi connectivity index (χ2n) is 6.49. The number of carbonyl (C=O) groups is 2. The van der Waals surface area contributed by atoms with E-state index in [0.717, 1.165) is 6.42 Å². The lowest BCUT2D eigenvalue weighted by Gasteiger charge is -2.31. The Balaban J connectivity index is 1.53. The summed E-state index contributed by atoms with van der Waals surface area (Å²) in [5.74, 6) is -0.403. The molecular formula is C21H22FNO3. The molecule has 5 heteroatoms. The van der Waals surface area contributed by atoms with Crippen LogP contribution in [0.5, 0.6) is 5.75 Å². The largest absolute Gasteiger partial charge is 0.426 e. The van der Waals surface area contributed by atoms with Crippen LogP contribution in [0, 0.1) is 11.7 Å². The van der Waals surface area contributed by atoms with Gasteiger partial charge in [-0.05, 0) is 61.2 Å². The van der Waals surface area contributed by atoms with Crippen LogP contribution < -0.4 is 4.74 Å². The van der Waals surface area contributed by atoms with Gasteiger partial charge in [-0.1, -0.05) is 19.1 Å². The van der Waals surface area contributed by atoms with Crippen molar-refractivity contribution >= 4 is 11.9 Å². The molecule has 0 spiro atoms. The molecule has 0 bridgehead atoms. The average Bonchev–Trinajstić information content (AvgIpc) is 2.69. The van der Waals surface area contributed by atoms with Gasteiger partial charge in [0.2, 0.25) is 0 Å². The maximum atomic E-state index is 13.0. The maximum absolute atomic E-state index is 13.0. The monoisotopic (exact) mass is 355 g/mol. The Bertz CT molecular complexity index is 763. The van der Waals surface area contributed by atoms with Crippen LogP contribution in [0.1, 0.15) is 35.7 Å². The van der Waals surface area contributed by atoms with Crippen molar-refractivity contribution in [3.8, 4) is 5.75 Å². The zero-order valence-electron chi connectivity index (χ0n) is 14.8. The third kappa shape index (κ3) is 4.28. The molecule has 1 saturated heterocycles. The maximum Gasteiger partial charge on any atom is 0.314 e. The van der Waals surface area contributed by atoms with Gasteiger partial charge >= 0.3 is 5.97 Å². The first kappa shape index (κ1) is 18.1. The first-order valence-electron chi connectivity index (χ1n) is 8.92. The lowest BCUT2D eigenvalue weighted by Crippen LogP contribution is -2.41. The van der Waals surface area contributed by atoms with Gasteiger partial charge in [-0.25, -0.2) is 4.39 Å². The second-order valence-corrected chi connectivity index (χ2v) is 6.49. The molecule has 1 fully saturated rings. The number of rotatable bonds is 4. The molecule has 1 amide bonds. The van der Waals surface area contributed by atoms with Crippen molar-refractivity contribution in [2.24, 2.45) is 5.92 Å². The Morgan fingerprint density at radius 3 is 2.23 bits per heavy atom. The third-order valence-electron chi connectivity index (χ3n) is 4.76. The third-order valence-corrected chi connectivity index (χ3v) is 4.76. The molecule has 0 aliphatic carbocycles. The minimum absolute atomic E-state index is 0.132. The van der Waals surface area contributed by atoms with Gasteiger partial charge in [-0.2, -0.15) is 0 Å². The Labute approximate surface area is 152 Å². The Hall–Kier alpha value is -2.69. The summed E-state index contributed by atoms with van der Waals surface area (Å²) >= 11 is 0. The molecule has 0 radical (unpaired) electrons. The number of esters is 1. The van der Waals surface area contributed by atoms with Gasteiger partial charge in [0.15, 0.2) is 0 Å². The van der Waals surface area contributed by atoms with Crippen molar-refractivity contribution in [2.75, 3.05) is 13.1 Å². The van der Waals surface area contributed by atoms with Crippen LogP contribution >= 0.6 is 0 Å². The number of benzene rings is 2. The van der Waals surface area contributed by atoms with E-state index in [9.17, 15) is 14.0 Å². The van der Waals surface area contributed by atoms with E-state index in [0.29, 0.717) is 37.2 Å². The lowest BCUT2D eigenvalue weighted by atomic mass is 9.96. The number of ether oxygens (including phenoxy) is 1. The van der Waals surface area contributed by atoms with Gasteiger partial charge < -0.3 is 9.64 Å². The van der Waals surface area contributed by atoms with E-state index in [2.05, 4.69) is 6.92 Å². The molecule has 2 aromatic rings. The first-order chi connectivity index (χ1) is 12.6. The molecule has 1 aliphatic heterocycles. The molecule has 0 atom stereocenters. The van der Waals surface area contributed by atoms with Gasteiger partial charge in [0, 0.05) is 18.7 Å². The number of likely N-dealkylation sites (tertiary alicyclic amines) is 1. The van der Waals surface area contributed by atoms with Crippen LogP contribution in [-0.4, -0.2) is 29.9 Å². The van der Waals surface area contributed by atoms with Crippen LogP contribution in [0.3, 0.4) is 0 Å². The average molecular weight is 355 g/mol. The predicted molar refractivity (Wildman–Crippen MR) is 96.5 cm³/mol. The van der Waals surface area contributed by atoms with Crippen LogP contribution in [0.2, 0.25) is 0 Å². The molecule has 1 aliphatic rings. The first-order valence-corrected chi connectivity index (χ1v) is 8.92. The normalized spacial score (nSPS) is 14.9. The summed E-state index contributed by atoms with van der Waals surface area (Å²) in [7, 11) is 0. The van der Waals surface area contributed by atoms with Gasteiger partial charge in [0.05, 0.1) is 5.92 Å².